The third-order valence-corrected chi connectivity index (χ3v) is 3.53. The fourth-order valence-corrected chi connectivity index (χ4v) is 2.50. The van der Waals surface area contributed by atoms with Crippen LogP contribution in [0.1, 0.15) is 20.1 Å². The van der Waals surface area contributed by atoms with Crippen LogP contribution in [0.4, 0.5) is 10.2 Å². The highest BCUT2D eigenvalue weighted by atomic mass is 19.1. The number of ether oxygens (including phenoxy) is 1. The topological polar surface area (TPSA) is 105 Å². The zero-order valence-corrected chi connectivity index (χ0v) is 12.2. The van der Waals surface area contributed by atoms with Gasteiger partial charge in [-0.1, -0.05) is 0 Å². The van der Waals surface area contributed by atoms with Crippen molar-refractivity contribution >= 4 is 17.0 Å². The number of rotatable bonds is 4. The van der Waals surface area contributed by atoms with Crippen molar-refractivity contribution in [2.75, 3.05) is 11.9 Å². The molecule has 1 saturated heterocycles. The maximum Gasteiger partial charge on any atom is 0.173 e. The minimum atomic E-state index is -1.67. The Labute approximate surface area is 126 Å². The molecule has 3 rings (SSSR count). The smallest absolute Gasteiger partial charge is 0.173 e. The maximum atomic E-state index is 14.2. The Kier molecular flexibility index (Phi) is 3.94. The number of aliphatic hydroxyl groups excluding tert-OH is 2. The summed E-state index contributed by atoms with van der Waals surface area (Å²) in [7, 11) is 0. The van der Waals surface area contributed by atoms with Crippen molar-refractivity contribution in [3.63, 3.8) is 0 Å². The van der Waals surface area contributed by atoms with Gasteiger partial charge in [0.2, 0.25) is 0 Å². The zero-order chi connectivity index (χ0) is 15.9. The molecule has 0 aliphatic carbocycles. The number of hydrogen-bond acceptors (Lipinski definition) is 7. The van der Waals surface area contributed by atoms with Crippen molar-refractivity contribution in [3.05, 3.63) is 12.7 Å². The summed E-state index contributed by atoms with van der Waals surface area (Å²) < 4.78 is 21.0. The van der Waals surface area contributed by atoms with Crippen molar-refractivity contribution in [1.82, 2.24) is 19.5 Å². The zero-order valence-electron chi connectivity index (χ0n) is 12.2. The summed E-state index contributed by atoms with van der Waals surface area (Å²) in [5, 5.41) is 22.0. The summed E-state index contributed by atoms with van der Waals surface area (Å²) in [5.74, 6) is 0.548. The minimum Gasteiger partial charge on any atom is -0.394 e. The number of imidazole rings is 1. The van der Waals surface area contributed by atoms with Gasteiger partial charge in [-0.25, -0.2) is 19.3 Å². The van der Waals surface area contributed by atoms with Crippen LogP contribution >= 0.6 is 0 Å². The first-order valence-corrected chi connectivity index (χ1v) is 7.05. The van der Waals surface area contributed by atoms with Gasteiger partial charge in [-0.2, -0.15) is 0 Å². The lowest BCUT2D eigenvalue weighted by molar-refractivity contribution is -0.0459. The molecule has 0 spiro atoms. The van der Waals surface area contributed by atoms with Crippen molar-refractivity contribution < 1.29 is 19.3 Å². The van der Waals surface area contributed by atoms with E-state index in [0.29, 0.717) is 17.0 Å². The number of fused-ring (bicyclic) bond motifs is 1. The van der Waals surface area contributed by atoms with Gasteiger partial charge in [-0.15, -0.1) is 0 Å². The van der Waals surface area contributed by atoms with Crippen molar-refractivity contribution in [3.8, 4) is 0 Å². The number of nitrogens with one attached hydrogen (secondary N) is 1. The van der Waals surface area contributed by atoms with Gasteiger partial charge < -0.3 is 20.3 Å². The lowest BCUT2D eigenvalue weighted by Gasteiger charge is -2.15. The van der Waals surface area contributed by atoms with Crippen molar-refractivity contribution in [2.24, 2.45) is 0 Å². The number of halogens is 1. The lowest BCUT2D eigenvalue weighted by Crippen LogP contribution is -2.30. The van der Waals surface area contributed by atoms with E-state index in [4.69, 9.17) is 9.84 Å². The van der Waals surface area contributed by atoms with Gasteiger partial charge in [-0.05, 0) is 13.8 Å². The van der Waals surface area contributed by atoms with Gasteiger partial charge in [-0.3, -0.25) is 4.57 Å². The van der Waals surface area contributed by atoms with E-state index in [9.17, 15) is 9.50 Å². The van der Waals surface area contributed by atoms with Crippen LogP contribution in [0.3, 0.4) is 0 Å². The predicted octanol–water partition coefficient (Wildman–Crippen LogP) is 0.235. The average Bonchev–Trinajstić information content (AvgIpc) is 3.02. The molecule has 2 aromatic rings. The van der Waals surface area contributed by atoms with Gasteiger partial charge in [0.1, 0.15) is 18.5 Å². The van der Waals surface area contributed by atoms with Crippen molar-refractivity contribution in [2.45, 2.75) is 44.5 Å². The van der Waals surface area contributed by atoms with E-state index in [-0.39, 0.29) is 6.04 Å². The number of anilines is 1. The molecule has 0 saturated carbocycles. The maximum absolute atomic E-state index is 14.2. The highest BCUT2D eigenvalue weighted by Crippen LogP contribution is 2.34. The lowest BCUT2D eigenvalue weighted by atomic mass is 10.1. The van der Waals surface area contributed by atoms with E-state index in [1.54, 1.807) is 0 Å². The van der Waals surface area contributed by atoms with Gasteiger partial charge >= 0.3 is 0 Å². The molecule has 120 valence electrons. The fraction of sp³-hybridized carbons (Fsp3) is 0.615. The first-order chi connectivity index (χ1) is 10.5. The van der Waals surface area contributed by atoms with Crippen LogP contribution in [0.25, 0.3) is 11.2 Å². The third kappa shape index (κ3) is 2.40. The summed E-state index contributed by atoms with van der Waals surface area (Å²) in [6.07, 6.45) is -2.36. The van der Waals surface area contributed by atoms with Gasteiger partial charge in [0.15, 0.2) is 29.4 Å². The molecular formula is C13H18FN5O3. The Morgan fingerprint density at radius 3 is 2.82 bits per heavy atom. The third-order valence-electron chi connectivity index (χ3n) is 3.53. The monoisotopic (exact) mass is 311 g/mol. The SMILES string of the molecule is CC(C)Nc1ncnc2c1ncn2[C@@H]1O[C@H](CO)C(O)C1F. The van der Waals surface area contributed by atoms with Gasteiger partial charge in [0, 0.05) is 6.04 Å². The summed E-state index contributed by atoms with van der Waals surface area (Å²) >= 11 is 0. The Balaban J connectivity index is 1.99. The van der Waals surface area contributed by atoms with Crippen LogP contribution in [0.2, 0.25) is 0 Å². The van der Waals surface area contributed by atoms with Crippen LogP contribution in [0, 0.1) is 0 Å². The van der Waals surface area contributed by atoms with E-state index in [0.717, 1.165) is 0 Å². The molecule has 0 bridgehead atoms. The van der Waals surface area contributed by atoms with E-state index < -0.39 is 31.2 Å². The summed E-state index contributed by atoms with van der Waals surface area (Å²) in [4.78, 5) is 12.5. The summed E-state index contributed by atoms with van der Waals surface area (Å²) in [6.45, 7) is 3.47. The van der Waals surface area contributed by atoms with E-state index in [1.165, 1.54) is 17.2 Å². The molecule has 2 unspecified atom stereocenters. The highest BCUT2D eigenvalue weighted by molar-refractivity contribution is 5.82. The largest absolute Gasteiger partial charge is 0.394 e. The van der Waals surface area contributed by atoms with Crippen LogP contribution in [-0.2, 0) is 4.74 Å². The van der Waals surface area contributed by atoms with Gasteiger partial charge in [0.25, 0.3) is 0 Å². The Hall–Kier alpha value is -1.84. The molecule has 0 aromatic carbocycles. The number of aromatic nitrogens is 4. The number of nitrogens with zero attached hydrogens (tertiary/aromatic N) is 4. The Morgan fingerprint density at radius 2 is 2.18 bits per heavy atom. The second-order valence-corrected chi connectivity index (χ2v) is 5.53. The first kappa shape index (κ1) is 15.1. The number of hydrogen-bond donors (Lipinski definition) is 3. The second-order valence-electron chi connectivity index (χ2n) is 5.53. The molecule has 2 aromatic heterocycles. The normalized spacial score (nSPS) is 28.6. The molecule has 1 aliphatic rings. The average molecular weight is 311 g/mol. The van der Waals surface area contributed by atoms with Crippen molar-refractivity contribution in [1.29, 1.82) is 0 Å². The molecule has 0 radical (unpaired) electrons. The molecule has 0 amide bonds. The molecule has 4 atom stereocenters. The van der Waals surface area contributed by atoms with E-state index >= 15 is 0 Å². The van der Waals surface area contributed by atoms with E-state index in [1.807, 2.05) is 13.8 Å². The number of alkyl halides is 1. The van der Waals surface area contributed by atoms with Crippen LogP contribution in [-0.4, -0.2) is 60.8 Å². The molecule has 9 heteroatoms. The molecule has 3 N–H and O–H groups in total. The predicted molar refractivity (Wildman–Crippen MR) is 76.0 cm³/mol. The van der Waals surface area contributed by atoms with Gasteiger partial charge in [0.05, 0.1) is 12.9 Å². The molecular weight excluding hydrogens is 293 g/mol. The van der Waals surface area contributed by atoms with Crippen LogP contribution in [0.15, 0.2) is 12.7 Å². The van der Waals surface area contributed by atoms with E-state index in [2.05, 4.69) is 20.3 Å². The number of aliphatic hydroxyl groups is 2. The molecule has 3 heterocycles. The van der Waals surface area contributed by atoms with Crippen LogP contribution < -0.4 is 5.32 Å². The Morgan fingerprint density at radius 1 is 1.41 bits per heavy atom. The first-order valence-electron chi connectivity index (χ1n) is 7.05. The fourth-order valence-electron chi connectivity index (χ4n) is 2.50. The summed E-state index contributed by atoms with van der Waals surface area (Å²) in [6, 6.07) is 0.153. The van der Waals surface area contributed by atoms with Crippen LogP contribution in [0.5, 0.6) is 0 Å². The minimum absolute atomic E-state index is 0.153. The quantitative estimate of drug-likeness (QED) is 0.742. The summed E-state index contributed by atoms with van der Waals surface area (Å²) in [5.41, 5.74) is 0.894. The molecule has 8 nitrogen and oxygen atoms in total. The highest BCUT2D eigenvalue weighted by Gasteiger charge is 2.45. The second kappa shape index (κ2) is 5.75. The molecule has 22 heavy (non-hydrogen) atoms. The standard InChI is InChI=1S/C13H18FN5O3/c1-6(2)18-11-9-12(16-4-15-11)19(5-17-9)13-8(14)10(21)7(3-20)22-13/h4-8,10,13,20-21H,3H2,1-2H3,(H,15,16,18)/t7-,8?,10?,13-/m1/s1. The molecule has 1 aliphatic heterocycles. The molecule has 1 fully saturated rings. The Bertz CT molecular complexity index is 664.